The Balaban J connectivity index is 1.85. The Hall–Kier alpha value is -2.64. The van der Waals surface area contributed by atoms with Crippen LogP contribution in [0.4, 0.5) is 5.88 Å². The fourth-order valence-electron chi connectivity index (χ4n) is 1.52. The Bertz CT molecular complexity index is 681. The number of aromatic nitrogens is 2. The number of rotatable bonds is 4. The lowest BCUT2D eigenvalue weighted by atomic mass is 9.92. The van der Waals surface area contributed by atoms with E-state index >= 15 is 0 Å². The number of anilines is 1. The molecule has 0 fully saturated rings. The van der Waals surface area contributed by atoms with Crippen molar-refractivity contribution in [1.82, 2.24) is 10.3 Å². The standard InChI is InChI=1S/C14H17N3O5/c1-8-5-9(21-16-8)13(19)20-7-11(18)15-12-6-10(17-22-12)14(2,3)4/h5-6H,7H2,1-4H3,(H,15,18). The Morgan fingerprint density at radius 3 is 2.50 bits per heavy atom. The monoisotopic (exact) mass is 307 g/mol. The molecule has 1 N–H and O–H groups in total. The maximum Gasteiger partial charge on any atom is 0.377 e. The second-order valence-corrected chi connectivity index (χ2v) is 5.78. The summed E-state index contributed by atoms with van der Waals surface area (Å²) in [7, 11) is 0. The normalized spacial score (nSPS) is 11.3. The van der Waals surface area contributed by atoms with Gasteiger partial charge in [-0.3, -0.25) is 10.1 Å². The molecule has 0 saturated carbocycles. The minimum Gasteiger partial charge on any atom is -0.450 e. The maximum absolute atomic E-state index is 11.7. The lowest BCUT2D eigenvalue weighted by Crippen LogP contribution is -2.20. The summed E-state index contributed by atoms with van der Waals surface area (Å²) in [4.78, 5) is 23.3. The molecule has 0 atom stereocenters. The molecule has 0 spiro atoms. The number of carbonyl (C=O) groups excluding carboxylic acids is 2. The van der Waals surface area contributed by atoms with E-state index in [4.69, 9.17) is 13.8 Å². The summed E-state index contributed by atoms with van der Waals surface area (Å²) in [6, 6.07) is 3.05. The molecule has 0 radical (unpaired) electrons. The zero-order chi connectivity index (χ0) is 16.3. The van der Waals surface area contributed by atoms with Crippen molar-refractivity contribution < 1.29 is 23.4 Å². The van der Waals surface area contributed by atoms with Crippen molar-refractivity contribution in [3.05, 3.63) is 29.3 Å². The van der Waals surface area contributed by atoms with E-state index in [1.807, 2.05) is 20.8 Å². The van der Waals surface area contributed by atoms with E-state index in [9.17, 15) is 9.59 Å². The number of aryl methyl sites for hydroxylation is 1. The van der Waals surface area contributed by atoms with Crippen LogP contribution in [-0.4, -0.2) is 28.8 Å². The Kier molecular flexibility index (Phi) is 4.30. The minimum absolute atomic E-state index is 0.0556. The molecule has 0 aliphatic heterocycles. The van der Waals surface area contributed by atoms with E-state index in [1.54, 1.807) is 13.0 Å². The number of nitrogens with one attached hydrogen (secondary N) is 1. The van der Waals surface area contributed by atoms with Crippen LogP contribution < -0.4 is 5.32 Å². The fourth-order valence-corrected chi connectivity index (χ4v) is 1.52. The van der Waals surface area contributed by atoms with Crippen molar-refractivity contribution >= 4 is 17.8 Å². The van der Waals surface area contributed by atoms with Crippen molar-refractivity contribution in [2.75, 3.05) is 11.9 Å². The molecule has 0 saturated heterocycles. The Labute approximate surface area is 126 Å². The summed E-state index contributed by atoms with van der Waals surface area (Å²) in [6.45, 7) is 7.11. The molecular formula is C14H17N3O5. The van der Waals surface area contributed by atoms with Crippen molar-refractivity contribution in [2.45, 2.75) is 33.1 Å². The largest absolute Gasteiger partial charge is 0.450 e. The van der Waals surface area contributed by atoms with Gasteiger partial charge >= 0.3 is 5.97 Å². The third kappa shape index (κ3) is 3.94. The number of nitrogens with zero attached hydrogens (tertiary/aromatic N) is 2. The Morgan fingerprint density at radius 1 is 1.23 bits per heavy atom. The fraction of sp³-hybridized carbons (Fsp3) is 0.429. The van der Waals surface area contributed by atoms with Gasteiger partial charge in [0.05, 0.1) is 11.4 Å². The lowest BCUT2D eigenvalue weighted by Gasteiger charge is -2.12. The van der Waals surface area contributed by atoms with Gasteiger partial charge in [-0.2, -0.15) is 0 Å². The molecule has 22 heavy (non-hydrogen) atoms. The van der Waals surface area contributed by atoms with E-state index in [0.29, 0.717) is 11.4 Å². The van der Waals surface area contributed by atoms with Crippen LogP contribution in [-0.2, 0) is 14.9 Å². The summed E-state index contributed by atoms with van der Waals surface area (Å²) in [5.41, 5.74) is 1.06. The Morgan fingerprint density at radius 2 is 1.95 bits per heavy atom. The molecule has 2 aromatic heterocycles. The third-order valence-corrected chi connectivity index (χ3v) is 2.70. The van der Waals surface area contributed by atoms with Crippen LogP contribution >= 0.6 is 0 Å². The highest BCUT2D eigenvalue weighted by Crippen LogP contribution is 2.23. The zero-order valence-corrected chi connectivity index (χ0v) is 12.8. The van der Waals surface area contributed by atoms with Crippen LogP contribution in [0, 0.1) is 6.92 Å². The topological polar surface area (TPSA) is 107 Å². The van der Waals surface area contributed by atoms with Crippen molar-refractivity contribution in [3.8, 4) is 0 Å². The lowest BCUT2D eigenvalue weighted by molar-refractivity contribution is -0.119. The molecule has 1 amide bonds. The van der Waals surface area contributed by atoms with Crippen LogP contribution in [0.25, 0.3) is 0 Å². The van der Waals surface area contributed by atoms with Crippen LogP contribution in [0.1, 0.15) is 42.7 Å². The number of carbonyl (C=O) groups is 2. The molecule has 8 heteroatoms. The zero-order valence-electron chi connectivity index (χ0n) is 12.8. The molecule has 0 aliphatic carbocycles. The van der Waals surface area contributed by atoms with Crippen LogP contribution in [0.5, 0.6) is 0 Å². The van der Waals surface area contributed by atoms with E-state index in [-0.39, 0.29) is 17.1 Å². The average Bonchev–Trinajstić information content (AvgIpc) is 3.04. The van der Waals surface area contributed by atoms with Gasteiger partial charge in [0.15, 0.2) is 6.61 Å². The first-order chi connectivity index (χ1) is 10.3. The van der Waals surface area contributed by atoms with Gasteiger partial charge in [-0.25, -0.2) is 4.79 Å². The smallest absolute Gasteiger partial charge is 0.377 e. The van der Waals surface area contributed by atoms with Crippen molar-refractivity contribution in [1.29, 1.82) is 0 Å². The first-order valence-electron chi connectivity index (χ1n) is 6.63. The van der Waals surface area contributed by atoms with Gasteiger partial charge in [-0.1, -0.05) is 31.1 Å². The number of esters is 1. The number of hydrogen-bond acceptors (Lipinski definition) is 7. The molecular weight excluding hydrogens is 290 g/mol. The van der Waals surface area contributed by atoms with Gasteiger partial charge < -0.3 is 13.8 Å². The van der Waals surface area contributed by atoms with Crippen molar-refractivity contribution in [2.24, 2.45) is 0 Å². The molecule has 2 aromatic rings. The average molecular weight is 307 g/mol. The van der Waals surface area contributed by atoms with Crippen LogP contribution in [0.15, 0.2) is 21.2 Å². The summed E-state index contributed by atoms with van der Waals surface area (Å²) < 4.78 is 14.5. The third-order valence-electron chi connectivity index (χ3n) is 2.70. The second-order valence-electron chi connectivity index (χ2n) is 5.78. The highest BCUT2D eigenvalue weighted by Gasteiger charge is 2.20. The van der Waals surface area contributed by atoms with E-state index in [2.05, 4.69) is 15.6 Å². The predicted octanol–water partition coefficient (Wildman–Crippen LogP) is 2.06. The first kappa shape index (κ1) is 15.7. The van der Waals surface area contributed by atoms with E-state index < -0.39 is 18.5 Å². The molecule has 0 unspecified atom stereocenters. The number of ether oxygens (including phenoxy) is 1. The summed E-state index contributed by atoms with van der Waals surface area (Å²) in [5.74, 6) is -1.16. The van der Waals surface area contributed by atoms with Crippen LogP contribution in [0.2, 0.25) is 0 Å². The summed E-state index contributed by atoms with van der Waals surface area (Å²) in [5, 5.41) is 9.88. The molecule has 0 bridgehead atoms. The SMILES string of the molecule is Cc1cc(C(=O)OCC(=O)Nc2cc(C(C)(C)C)no2)on1. The summed E-state index contributed by atoms with van der Waals surface area (Å²) >= 11 is 0. The van der Waals surface area contributed by atoms with Crippen LogP contribution in [0.3, 0.4) is 0 Å². The van der Waals surface area contributed by atoms with Gasteiger partial charge in [-0.05, 0) is 6.92 Å². The van der Waals surface area contributed by atoms with Gasteiger partial charge in [-0.15, -0.1) is 0 Å². The summed E-state index contributed by atoms with van der Waals surface area (Å²) in [6.07, 6.45) is 0. The minimum atomic E-state index is -0.760. The van der Waals surface area contributed by atoms with Gasteiger partial charge in [0.25, 0.3) is 5.91 Å². The highest BCUT2D eigenvalue weighted by molar-refractivity contribution is 5.93. The van der Waals surface area contributed by atoms with E-state index in [0.717, 1.165) is 0 Å². The molecule has 2 heterocycles. The molecule has 2 rings (SSSR count). The van der Waals surface area contributed by atoms with Gasteiger partial charge in [0, 0.05) is 17.5 Å². The molecule has 0 aromatic carbocycles. The molecule has 8 nitrogen and oxygen atoms in total. The van der Waals surface area contributed by atoms with E-state index in [1.165, 1.54) is 6.07 Å². The first-order valence-corrected chi connectivity index (χ1v) is 6.63. The second kappa shape index (κ2) is 6.00. The maximum atomic E-state index is 11.7. The highest BCUT2D eigenvalue weighted by atomic mass is 16.6. The molecule has 118 valence electrons. The van der Waals surface area contributed by atoms with Crippen molar-refractivity contribution in [3.63, 3.8) is 0 Å². The van der Waals surface area contributed by atoms with Gasteiger partial charge in [0.2, 0.25) is 11.6 Å². The quantitative estimate of drug-likeness (QED) is 0.861. The number of hydrogen-bond donors (Lipinski definition) is 1. The molecule has 0 aliphatic rings. The number of amides is 1. The predicted molar refractivity (Wildman–Crippen MR) is 75.4 cm³/mol. The van der Waals surface area contributed by atoms with Gasteiger partial charge in [0.1, 0.15) is 0 Å².